The molecule has 1 aliphatic carbocycles. The van der Waals surface area contributed by atoms with E-state index in [9.17, 15) is 4.79 Å². The predicted molar refractivity (Wildman–Crippen MR) is 69.7 cm³/mol. The SMILES string of the molecule is CC1(C)CCCCC1NC(=O)CCCN.Cl. The molecule has 16 heavy (non-hydrogen) atoms. The van der Waals surface area contributed by atoms with Gasteiger partial charge >= 0.3 is 0 Å². The van der Waals surface area contributed by atoms with E-state index in [0.717, 1.165) is 12.8 Å². The van der Waals surface area contributed by atoms with Crippen molar-refractivity contribution in [1.82, 2.24) is 5.32 Å². The van der Waals surface area contributed by atoms with E-state index in [1.165, 1.54) is 19.3 Å². The third-order valence-electron chi connectivity index (χ3n) is 3.45. The van der Waals surface area contributed by atoms with Crippen LogP contribution in [-0.4, -0.2) is 18.5 Å². The Bertz CT molecular complexity index is 219. The number of hydrogen-bond acceptors (Lipinski definition) is 2. The summed E-state index contributed by atoms with van der Waals surface area (Å²) in [5, 5.41) is 3.15. The predicted octanol–water partition coefficient (Wildman–Crippen LogP) is 2.23. The number of halogens is 1. The minimum Gasteiger partial charge on any atom is -0.353 e. The van der Waals surface area contributed by atoms with E-state index in [1.54, 1.807) is 0 Å². The summed E-state index contributed by atoms with van der Waals surface area (Å²) in [6.07, 6.45) is 6.24. The number of carbonyl (C=O) groups is 1. The zero-order valence-corrected chi connectivity index (χ0v) is 11.2. The van der Waals surface area contributed by atoms with Gasteiger partial charge in [0.25, 0.3) is 0 Å². The van der Waals surface area contributed by atoms with Gasteiger partial charge in [-0.25, -0.2) is 0 Å². The van der Waals surface area contributed by atoms with Gasteiger partial charge in [0, 0.05) is 12.5 Å². The summed E-state index contributed by atoms with van der Waals surface area (Å²) in [5.74, 6) is 0.167. The second-order valence-corrected chi connectivity index (χ2v) is 5.25. The van der Waals surface area contributed by atoms with Crippen LogP contribution in [0.5, 0.6) is 0 Å². The number of amides is 1. The third kappa shape index (κ3) is 4.71. The van der Waals surface area contributed by atoms with Crippen LogP contribution in [0.1, 0.15) is 52.4 Å². The second-order valence-electron chi connectivity index (χ2n) is 5.25. The zero-order chi connectivity index (χ0) is 11.3. The van der Waals surface area contributed by atoms with Crippen LogP contribution in [0, 0.1) is 5.41 Å². The number of nitrogens with two attached hydrogens (primary N) is 1. The molecule has 0 aromatic rings. The summed E-state index contributed by atoms with van der Waals surface area (Å²) in [6, 6.07) is 0.358. The third-order valence-corrected chi connectivity index (χ3v) is 3.45. The molecule has 3 N–H and O–H groups in total. The van der Waals surface area contributed by atoms with Gasteiger partial charge in [0.15, 0.2) is 0 Å². The van der Waals surface area contributed by atoms with E-state index >= 15 is 0 Å². The van der Waals surface area contributed by atoms with Crippen molar-refractivity contribution in [3.63, 3.8) is 0 Å². The number of rotatable bonds is 4. The van der Waals surface area contributed by atoms with Crippen LogP contribution in [0.3, 0.4) is 0 Å². The smallest absolute Gasteiger partial charge is 0.220 e. The van der Waals surface area contributed by atoms with Crippen molar-refractivity contribution in [2.24, 2.45) is 11.1 Å². The highest BCUT2D eigenvalue weighted by Gasteiger charge is 2.32. The molecular weight excluding hydrogens is 224 g/mol. The van der Waals surface area contributed by atoms with Crippen LogP contribution < -0.4 is 11.1 Å². The van der Waals surface area contributed by atoms with E-state index in [4.69, 9.17) is 5.73 Å². The fraction of sp³-hybridized carbons (Fsp3) is 0.917. The summed E-state index contributed by atoms with van der Waals surface area (Å²) >= 11 is 0. The van der Waals surface area contributed by atoms with Gasteiger partial charge in [0.2, 0.25) is 5.91 Å². The van der Waals surface area contributed by atoms with Gasteiger partial charge in [0.1, 0.15) is 0 Å². The Balaban J connectivity index is 0.00000225. The van der Waals surface area contributed by atoms with E-state index in [2.05, 4.69) is 19.2 Å². The first-order valence-electron chi connectivity index (χ1n) is 6.06. The van der Waals surface area contributed by atoms with Crippen molar-refractivity contribution in [3.8, 4) is 0 Å². The van der Waals surface area contributed by atoms with Gasteiger partial charge in [-0.05, 0) is 31.2 Å². The maximum atomic E-state index is 11.6. The first-order chi connectivity index (χ1) is 7.06. The lowest BCUT2D eigenvalue weighted by Crippen LogP contribution is -2.46. The minimum atomic E-state index is 0. The highest BCUT2D eigenvalue weighted by atomic mass is 35.5. The molecule has 4 heteroatoms. The van der Waals surface area contributed by atoms with Crippen molar-refractivity contribution in [1.29, 1.82) is 0 Å². The second kappa shape index (κ2) is 7.13. The molecule has 0 spiro atoms. The molecule has 1 aliphatic rings. The molecule has 0 bridgehead atoms. The molecule has 0 heterocycles. The standard InChI is InChI=1S/C12H24N2O.ClH/c1-12(2)8-4-3-6-10(12)14-11(15)7-5-9-13;/h10H,3-9,13H2,1-2H3,(H,14,15);1H. The summed E-state index contributed by atoms with van der Waals surface area (Å²) in [4.78, 5) is 11.6. The Morgan fingerprint density at radius 2 is 2.12 bits per heavy atom. The first-order valence-corrected chi connectivity index (χ1v) is 6.06. The van der Waals surface area contributed by atoms with Gasteiger partial charge in [-0.1, -0.05) is 26.7 Å². The lowest BCUT2D eigenvalue weighted by atomic mass is 9.73. The van der Waals surface area contributed by atoms with Crippen LogP contribution >= 0.6 is 12.4 Å². The molecule has 0 aromatic carbocycles. The van der Waals surface area contributed by atoms with Crippen LogP contribution in [0.2, 0.25) is 0 Å². The molecule has 0 saturated heterocycles. The molecule has 1 atom stereocenters. The van der Waals surface area contributed by atoms with Crippen LogP contribution in [0.4, 0.5) is 0 Å². The molecule has 96 valence electrons. The Kier molecular flexibility index (Phi) is 7.00. The van der Waals surface area contributed by atoms with Gasteiger partial charge in [-0.2, -0.15) is 0 Å². The Hall–Kier alpha value is -0.280. The average molecular weight is 249 g/mol. The van der Waals surface area contributed by atoms with Crippen molar-refractivity contribution in [2.75, 3.05) is 6.54 Å². The summed E-state index contributed by atoms with van der Waals surface area (Å²) in [6.45, 7) is 5.10. The largest absolute Gasteiger partial charge is 0.353 e. The molecule has 1 fully saturated rings. The molecule has 1 rings (SSSR count). The zero-order valence-electron chi connectivity index (χ0n) is 10.4. The van der Waals surface area contributed by atoms with E-state index < -0.39 is 0 Å². The molecule has 1 unspecified atom stereocenters. The Morgan fingerprint density at radius 1 is 1.44 bits per heavy atom. The summed E-state index contributed by atoms with van der Waals surface area (Å²) in [5.41, 5.74) is 5.64. The fourth-order valence-electron chi connectivity index (χ4n) is 2.29. The first kappa shape index (κ1) is 15.7. The van der Waals surface area contributed by atoms with Gasteiger partial charge in [-0.15, -0.1) is 12.4 Å². The van der Waals surface area contributed by atoms with E-state index in [-0.39, 0.29) is 23.7 Å². The molecule has 0 aromatic heterocycles. The average Bonchev–Trinajstić information content (AvgIpc) is 2.18. The van der Waals surface area contributed by atoms with Gasteiger partial charge in [-0.3, -0.25) is 4.79 Å². The monoisotopic (exact) mass is 248 g/mol. The van der Waals surface area contributed by atoms with Crippen LogP contribution in [-0.2, 0) is 4.79 Å². The molecule has 0 radical (unpaired) electrons. The minimum absolute atomic E-state index is 0. The molecule has 3 nitrogen and oxygen atoms in total. The maximum Gasteiger partial charge on any atom is 0.220 e. The van der Waals surface area contributed by atoms with Crippen molar-refractivity contribution < 1.29 is 4.79 Å². The highest BCUT2D eigenvalue weighted by Crippen LogP contribution is 2.35. The summed E-state index contributed by atoms with van der Waals surface area (Å²) in [7, 11) is 0. The lowest BCUT2D eigenvalue weighted by molar-refractivity contribution is -0.123. The van der Waals surface area contributed by atoms with Gasteiger partial charge in [0.05, 0.1) is 0 Å². The number of nitrogens with one attached hydrogen (secondary N) is 1. The van der Waals surface area contributed by atoms with Crippen LogP contribution in [0.15, 0.2) is 0 Å². The highest BCUT2D eigenvalue weighted by molar-refractivity contribution is 5.85. The van der Waals surface area contributed by atoms with Crippen molar-refractivity contribution in [3.05, 3.63) is 0 Å². The summed E-state index contributed by atoms with van der Waals surface area (Å²) < 4.78 is 0. The van der Waals surface area contributed by atoms with E-state index in [0.29, 0.717) is 19.0 Å². The number of carbonyl (C=O) groups excluding carboxylic acids is 1. The van der Waals surface area contributed by atoms with Crippen LogP contribution in [0.25, 0.3) is 0 Å². The molecule has 1 amide bonds. The van der Waals surface area contributed by atoms with Crippen molar-refractivity contribution >= 4 is 18.3 Å². The molecular formula is C12H25ClN2O. The normalized spacial score (nSPS) is 23.3. The number of hydrogen-bond donors (Lipinski definition) is 2. The molecule has 0 aliphatic heterocycles. The Labute approximate surface area is 105 Å². The maximum absolute atomic E-state index is 11.6. The van der Waals surface area contributed by atoms with Crippen molar-refractivity contribution in [2.45, 2.75) is 58.4 Å². The molecule has 1 saturated carbocycles. The van der Waals surface area contributed by atoms with E-state index in [1.807, 2.05) is 0 Å². The fourth-order valence-corrected chi connectivity index (χ4v) is 2.29. The van der Waals surface area contributed by atoms with Gasteiger partial charge < -0.3 is 11.1 Å². The lowest BCUT2D eigenvalue weighted by Gasteiger charge is -2.39. The quantitative estimate of drug-likeness (QED) is 0.802. The Morgan fingerprint density at radius 3 is 2.69 bits per heavy atom. The topological polar surface area (TPSA) is 55.1 Å².